The number of unbranched alkanes of at least 4 members (excludes halogenated alkanes) is 3. The van der Waals surface area contributed by atoms with Crippen LogP contribution in [0.2, 0.25) is 0 Å². The largest absolute Gasteiger partial charge is 0.389 e. The lowest BCUT2D eigenvalue weighted by Crippen LogP contribution is -2.33. The summed E-state index contributed by atoms with van der Waals surface area (Å²) in [5.41, 5.74) is 1.07. The summed E-state index contributed by atoms with van der Waals surface area (Å²) in [6, 6.07) is 17.6. The zero-order valence-electron chi connectivity index (χ0n) is 19.9. The molecule has 2 amide bonds. The molecule has 188 valence electrons. The van der Waals surface area contributed by atoms with Gasteiger partial charge in [-0.25, -0.2) is 13.1 Å². The van der Waals surface area contributed by atoms with Crippen molar-refractivity contribution in [2.45, 2.75) is 68.4 Å². The highest BCUT2D eigenvalue weighted by atomic mass is 32.2. The van der Waals surface area contributed by atoms with Crippen LogP contribution in [-0.2, 0) is 26.0 Å². The highest BCUT2D eigenvalue weighted by Crippen LogP contribution is 2.21. The van der Waals surface area contributed by atoms with E-state index in [1.54, 1.807) is 24.3 Å². The first-order valence-corrected chi connectivity index (χ1v) is 13.6. The summed E-state index contributed by atoms with van der Waals surface area (Å²) in [7, 11) is -3.83. The fraction of sp³-hybridized carbons (Fsp3) is 0.407. The lowest BCUT2D eigenvalue weighted by atomic mass is 10.1. The van der Waals surface area contributed by atoms with Crippen LogP contribution in [-0.4, -0.2) is 48.9 Å². The summed E-state index contributed by atoms with van der Waals surface area (Å²) in [6.07, 6.45) is 8.09. The molecular weight excluding hydrogens is 464 g/mol. The summed E-state index contributed by atoms with van der Waals surface area (Å²) < 4.78 is 26.5. The molecule has 2 aromatic carbocycles. The molecule has 35 heavy (non-hydrogen) atoms. The van der Waals surface area contributed by atoms with E-state index in [0.717, 1.165) is 31.2 Å². The highest BCUT2D eigenvalue weighted by Gasteiger charge is 2.28. The Morgan fingerprint density at radius 3 is 2.40 bits per heavy atom. The summed E-state index contributed by atoms with van der Waals surface area (Å²) >= 11 is 0. The van der Waals surface area contributed by atoms with Gasteiger partial charge in [0.25, 0.3) is 10.0 Å². The fourth-order valence-corrected chi connectivity index (χ4v) is 5.24. The molecule has 0 spiro atoms. The number of hydrogen-bond donors (Lipinski definition) is 2. The maximum Gasteiger partial charge on any atom is 0.264 e. The Labute approximate surface area is 207 Å². The van der Waals surface area contributed by atoms with Gasteiger partial charge in [0.15, 0.2) is 0 Å². The maximum atomic E-state index is 12.3. The number of aliphatic hydroxyl groups excluding tert-OH is 1. The van der Waals surface area contributed by atoms with Crippen LogP contribution in [0.1, 0.15) is 50.5 Å². The third-order valence-electron chi connectivity index (χ3n) is 6.07. The number of carbonyl (C=O) groups is 2. The second kappa shape index (κ2) is 13.2. The molecular formula is C27H34N2O5S. The van der Waals surface area contributed by atoms with Gasteiger partial charge in [0.1, 0.15) is 0 Å². The molecule has 1 heterocycles. The van der Waals surface area contributed by atoms with Crippen molar-refractivity contribution in [2.24, 2.45) is 0 Å². The molecule has 1 aliphatic heterocycles. The van der Waals surface area contributed by atoms with Crippen LogP contribution in [0.25, 0.3) is 0 Å². The number of amides is 2. The minimum Gasteiger partial charge on any atom is -0.389 e. The van der Waals surface area contributed by atoms with Crippen LogP contribution in [0.3, 0.4) is 0 Å². The highest BCUT2D eigenvalue weighted by molar-refractivity contribution is 7.90. The Morgan fingerprint density at radius 1 is 1.03 bits per heavy atom. The Kier molecular flexibility index (Phi) is 10.0. The zero-order chi connectivity index (χ0) is 25.1. The van der Waals surface area contributed by atoms with Gasteiger partial charge in [-0.3, -0.25) is 9.59 Å². The van der Waals surface area contributed by atoms with Crippen molar-refractivity contribution in [3.05, 3.63) is 78.4 Å². The first-order chi connectivity index (χ1) is 16.8. The molecule has 0 saturated carbocycles. The van der Waals surface area contributed by atoms with Gasteiger partial charge in [-0.05, 0) is 37.0 Å². The van der Waals surface area contributed by atoms with Crippen molar-refractivity contribution in [2.75, 3.05) is 6.54 Å². The fourth-order valence-electron chi connectivity index (χ4n) is 4.21. The number of nitrogens with zero attached hydrogens (tertiary/aromatic N) is 1. The monoisotopic (exact) mass is 498 g/mol. The second-order valence-corrected chi connectivity index (χ2v) is 10.5. The molecule has 0 unspecified atom stereocenters. The molecule has 2 N–H and O–H groups in total. The van der Waals surface area contributed by atoms with Gasteiger partial charge in [-0.1, -0.05) is 73.5 Å². The molecule has 3 rings (SSSR count). The number of nitrogens with one attached hydrogen (secondary N) is 1. The molecule has 1 saturated heterocycles. The number of aliphatic hydroxyl groups is 1. The minimum absolute atomic E-state index is 0.00175. The Hall–Kier alpha value is -2.97. The predicted molar refractivity (Wildman–Crippen MR) is 135 cm³/mol. The van der Waals surface area contributed by atoms with Crippen LogP contribution in [0, 0.1) is 0 Å². The van der Waals surface area contributed by atoms with Gasteiger partial charge < -0.3 is 10.0 Å². The topological polar surface area (TPSA) is 104 Å². The van der Waals surface area contributed by atoms with Gasteiger partial charge in [0.2, 0.25) is 11.8 Å². The lowest BCUT2D eigenvalue weighted by Gasteiger charge is -2.22. The number of rotatable bonds is 13. The van der Waals surface area contributed by atoms with E-state index in [9.17, 15) is 23.1 Å². The Morgan fingerprint density at radius 2 is 1.69 bits per heavy atom. The van der Waals surface area contributed by atoms with Crippen LogP contribution in [0.5, 0.6) is 0 Å². The van der Waals surface area contributed by atoms with Gasteiger partial charge in [0, 0.05) is 25.8 Å². The summed E-state index contributed by atoms with van der Waals surface area (Å²) in [5, 5.41) is 10.3. The molecule has 0 aromatic heterocycles. The molecule has 1 fully saturated rings. The molecule has 8 heteroatoms. The van der Waals surface area contributed by atoms with E-state index in [4.69, 9.17) is 0 Å². The zero-order valence-corrected chi connectivity index (χ0v) is 20.7. The normalized spacial score (nSPS) is 17.1. The van der Waals surface area contributed by atoms with E-state index < -0.39 is 22.0 Å². The van der Waals surface area contributed by atoms with Crippen molar-refractivity contribution in [1.29, 1.82) is 0 Å². The first kappa shape index (κ1) is 26.6. The number of carbonyl (C=O) groups excluding carboxylic acids is 2. The van der Waals surface area contributed by atoms with Crippen LogP contribution in [0.4, 0.5) is 0 Å². The van der Waals surface area contributed by atoms with Crippen LogP contribution >= 0.6 is 0 Å². The molecule has 2 aromatic rings. The Bertz CT molecular complexity index is 1090. The van der Waals surface area contributed by atoms with Gasteiger partial charge >= 0.3 is 0 Å². The molecule has 0 aliphatic carbocycles. The van der Waals surface area contributed by atoms with E-state index in [-0.39, 0.29) is 23.3 Å². The molecule has 7 nitrogen and oxygen atoms in total. The van der Waals surface area contributed by atoms with Crippen molar-refractivity contribution in [3.8, 4) is 0 Å². The molecule has 0 bridgehead atoms. The Balaban J connectivity index is 1.34. The summed E-state index contributed by atoms with van der Waals surface area (Å²) in [6.45, 7) is 0.636. The average Bonchev–Trinajstić information content (AvgIpc) is 3.20. The van der Waals surface area contributed by atoms with Gasteiger partial charge in [-0.15, -0.1) is 0 Å². The molecule has 1 aliphatic rings. The smallest absolute Gasteiger partial charge is 0.264 e. The third kappa shape index (κ3) is 8.64. The van der Waals surface area contributed by atoms with E-state index in [2.05, 4.69) is 4.72 Å². The minimum atomic E-state index is -3.83. The number of benzene rings is 2. The summed E-state index contributed by atoms with van der Waals surface area (Å²) in [4.78, 5) is 26.3. The van der Waals surface area contributed by atoms with Crippen LogP contribution < -0.4 is 4.72 Å². The van der Waals surface area contributed by atoms with E-state index in [0.29, 0.717) is 25.8 Å². The average molecular weight is 499 g/mol. The lowest BCUT2D eigenvalue weighted by molar-refractivity contribution is -0.128. The van der Waals surface area contributed by atoms with Gasteiger partial charge in [0.05, 0.1) is 17.0 Å². The summed E-state index contributed by atoms with van der Waals surface area (Å²) in [5.74, 6) is -0.384. The number of likely N-dealkylation sites (tertiary alicyclic amines) is 1. The second-order valence-electron chi connectivity index (χ2n) is 8.84. The van der Waals surface area contributed by atoms with Crippen molar-refractivity contribution in [1.82, 2.24) is 9.62 Å². The SMILES string of the molecule is O=C(CCCCCCN1C(=O)CC[C@@H]1/C=C/[C@@H](O)Cc1ccccc1)NS(=O)(=O)c1ccccc1. The maximum absolute atomic E-state index is 12.3. The predicted octanol–water partition coefficient (Wildman–Crippen LogP) is 3.59. The number of hydrogen-bond acceptors (Lipinski definition) is 5. The van der Waals surface area contributed by atoms with Gasteiger partial charge in [-0.2, -0.15) is 0 Å². The third-order valence-corrected chi connectivity index (χ3v) is 7.46. The van der Waals surface area contributed by atoms with Crippen molar-refractivity contribution < 1.29 is 23.1 Å². The molecule has 2 atom stereocenters. The first-order valence-electron chi connectivity index (χ1n) is 12.2. The van der Waals surface area contributed by atoms with E-state index in [1.165, 1.54) is 12.1 Å². The standard InChI is InChI=1S/C27H34N2O5S/c30-24(21-22-11-5-3-6-12-22)18-16-23-17-19-27(32)29(23)20-10-2-1-9-15-26(31)28-35(33,34)25-13-7-4-8-14-25/h3-8,11-14,16,18,23-24,30H,1-2,9-10,15,17,19-21H2,(H,28,31)/b18-16+/t23-,24+/m0/s1. The van der Waals surface area contributed by atoms with Crippen LogP contribution in [0.15, 0.2) is 77.7 Å². The molecule has 0 radical (unpaired) electrons. The van der Waals surface area contributed by atoms with Crippen molar-refractivity contribution in [3.63, 3.8) is 0 Å². The quantitative estimate of drug-likeness (QED) is 0.324. The van der Waals surface area contributed by atoms with E-state index >= 15 is 0 Å². The number of sulfonamides is 1. The van der Waals surface area contributed by atoms with Crippen molar-refractivity contribution >= 4 is 21.8 Å². The van der Waals surface area contributed by atoms with E-state index in [1.807, 2.05) is 41.3 Å².